The van der Waals surface area contributed by atoms with Gasteiger partial charge in [0.2, 0.25) is 0 Å². The Labute approximate surface area is 194 Å². The van der Waals surface area contributed by atoms with Crippen LogP contribution in [0.15, 0.2) is 72.8 Å². The van der Waals surface area contributed by atoms with E-state index in [0.717, 1.165) is 17.5 Å². The van der Waals surface area contributed by atoms with E-state index in [2.05, 4.69) is 13.8 Å². The molecule has 0 aliphatic heterocycles. The molecule has 0 bridgehead atoms. The first kappa shape index (κ1) is 25.8. The number of carbonyl (C=O) groups is 2. The fraction of sp³-hybridized carbons (Fsp3) is 0.286. The van der Waals surface area contributed by atoms with E-state index in [1.165, 1.54) is 11.6 Å². The molecule has 0 radical (unpaired) electrons. The van der Waals surface area contributed by atoms with Crippen LogP contribution in [-0.4, -0.2) is 22.2 Å². The van der Waals surface area contributed by atoms with E-state index in [1.807, 2.05) is 54.6 Å². The van der Waals surface area contributed by atoms with Crippen molar-refractivity contribution < 1.29 is 24.2 Å². The van der Waals surface area contributed by atoms with Crippen molar-refractivity contribution in [2.24, 2.45) is 5.92 Å². The van der Waals surface area contributed by atoms with Gasteiger partial charge in [0.05, 0.1) is 11.8 Å². The van der Waals surface area contributed by atoms with Gasteiger partial charge in [0.25, 0.3) is 0 Å². The van der Waals surface area contributed by atoms with Gasteiger partial charge in [0.15, 0.2) is 0 Å². The highest BCUT2D eigenvalue weighted by Crippen LogP contribution is 2.26. The molecular formula is C28H31FO4. The van der Waals surface area contributed by atoms with Crippen molar-refractivity contribution in [3.05, 3.63) is 95.3 Å². The van der Waals surface area contributed by atoms with Gasteiger partial charge in [-0.3, -0.25) is 9.59 Å². The lowest BCUT2D eigenvalue weighted by Crippen LogP contribution is -2.07. The minimum absolute atomic E-state index is 0.396. The maximum absolute atomic E-state index is 14.0. The van der Waals surface area contributed by atoms with Crippen molar-refractivity contribution in [1.82, 2.24) is 0 Å². The van der Waals surface area contributed by atoms with Gasteiger partial charge in [0.1, 0.15) is 5.82 Å². The second-order valence-corrected chi connectivity index (χ2v) is 8.56. The molecule has 0 aliphatic carbocycles. The molecule has 0 saturated carbocycles. The first-order chi connectivity index (χ1) is 15.6. The number of carboxylic acid groups (broad SMARTS) is 2. The number of hydrogen-bond donors (Lipinski definition) is 2. The summed E-state index contributed by atoms with van der Waals surface area (Å²) >= 11 is 0. The van der Waals surface area contributed by atoms with Gasteiger partial charge in [-0.05, 0) is 54.5 Å². The number of benzene rings is 3. The summed E-state index contributed by atoms with van der Waals surface area (Å²) in [5.74, 6) is -2.62. The first-order valence-corrected chi connectivity index (χ1v) is 11.0. The van der Waals surface area contributed by atoms with E-state index >= 15 is 0 Å². The lowest BCUT2D eigenvalue weighted by atomic mass is 9.97. The predicted octanol–water partition coefficient (Wildman–Crippen LogP) is 6.75. The molecule has 5 heteroatoms. The zero-order valence-corrected chi connectivity index (χ0v) is 19.5. The largest absolute Gasteiger partial charge is 0.481 e. The molecule has 0 fully saturated rings. The van der Waals surface area contributed by atoms with E-state index in [9.17, 15) is 14.0 Å². The topological polar surface area (TPSA) is 74.6 Å². The molecule has 0 spiro atoms. The highest BCUT2D eigenvalue weighted by Gasteiger charge is 2.16. The zero-order chi connectivity index (χ0) is 24.5. The molecule has 0 saturated heterocycles. The number of halogens is 1. The Balaban J connectivity index is 0.000000238. The van der Waals surface area contributed by atoms with E-state index in [4.69, 9.17) is 10.2 Å². The molecule has 2 unspecified atom stereocenters. The van der Waals surface area contributed by atoms with Crippen LogP contribution < -0.4 is 0 Å². The van der Waals surface area contributed by atoms with Crippen LogP contribution in [0.1, 0.15) is 56.2 Å². The third-order valence-electron chi connectivity index (χ3n) is 5.44. The molecule has 33 heavy (non-hydrogen) atoms. The predicted molar refractivity (Wildman–Crippen MR) is 129 cm³/mol. The molecule has 0 amide bonds. The first-order valence-electron chi connectivity index (χ1n) is 11.0. The van der Waals surface area contributed by atoms with Crippen molar-refractivity contribution in [2.75, 3.05) is 0 Å². The van der Waals surface area contributed by atoms with Gasteiger partial charge in [-0.15, -0.1) is 0 Å². The van der Waals surface area contributed by atoms with Crippen LogP contribution in [0.2, 0.25) is 0 Å². The van der Waals surface area contributed by atoms with Crippen LogP contribution in [0, 0.1) is 11.7 Å². The Hall–Kier alpha value is -3.47. The van der Waals surface area contributed by atoms with Crippen LogP contribution >= 0.6 is 0 Å². The van der Waals surface area contributed by atoms with Crippen LogP contribution in [0.25, 0.3) is 11.1 Å². The molecular weight excluding hydrogens is 419 g/mol. The average molecular weight is 451 g/mol. The average Bonchev–Trinajstić information content (AvgIpc) is 2.79. The van der Waals surface area contributed by atoms with Gasteiger partial charge in [-0.25, -0.2) is 4.39 Å². The summed E-state index contributed by atoms with van der Waals surface area (Å²) in [4.78, 5) is 21.6. The van der Waals surface area contributed by atoms with Gasteiger partial charge in [-0.1, -0.05) is 80.6 Å². The summed E-state index contributed by atoms with van der Waals surface area (Å²) < 4.78 is 14.0. The fourth-order valence-electron chi connectivity index (χ4n) is 3.35. The zero-order valence-electron chi connectivity index (χ0n) is 19.5. The molecule has 3 rings (SSSR count). The molecule has 0 aliphatic rings. The minimum Gasteiger partial charge on any atom is -0.481 e. The summed E-state index contributed by atoms with van der Waals surface area (Å²) in [6.45, 7) is 7.60. The lowest BCUT2D eigenvalue weighted by Gasteiger charge is -2.09. The van der Waals surface area contributed by atoms with Gasteiger partial charge in [0, 0.05) is 5.56 Å². The van der Waals surface area contributed by atoms with Crippen molar-refractivity contribution in [3.8, 4) is 11.1 Å². The van der Waals surface area contributed by atoms with E-state index in [1.54, 1.807) is 26.0 Å². The third kappa shape index (κ3) is 7.56. The van der Waals surface area contributed by atoms with Gasteiger partial charge in [-0.2, -0.15) is 0 Å². The fourth-order valence-corrected chi connectivity index (χ4v) is 3.35. The molecule has 3 aromatic carbocycles. The Morgan fingerprint density at radius 3 is 1.76 bits per heavy atom. The summed E-state index contributed by atoms with van der Waals surface area (Å²) in [7, 11) is 0. The van der Waals surface area contributed by atoms with Crippen molar-refractivity contribution in [1.29, 1.82) is 0 Å². The summed E-state index contributed by atoms with van der Waals surface area (Å²) in [6, 6.07) is 21.6. The number of hydrogen-bond acceptors (Lipinski definition) is 2. The van der Waals surface area contributed by atoms with Gasteiger partial charge >= 0.3 is 11.9 Å². The van der Waals surface area contributed by atoms with Crippen molar-refractivity contribution in [3.63, 3.8) is 0 Å². The summed E-state index contributed by atoms with van der Waals surface area (Å²) in [5.41, 5.74) is 3.88. The Bertz CT molecular complexity index is 1060. The second kappa shape index (κ2) is 12.0. The quantitative estimate of drug-likeness (QED) is 0.417. The van der Waals surface area contributed by atoms with Crippen LogP contribution in [0.5, 0.6) is 0 Å². The molecule has 174 valence electrons. The Kier molecular flexibility index (Phi) is 9.34. The van der Waals surface area contributed by atoms with E-state index in [-0.39, 0.29) is 0 Å². The standard InChI is InChI=1S/C15H13FO2.C13H18O2/c1-10(15(17)18)12-7-8-13(14(16)9-12)11-5-3-2-4-6-11;1-9(2)8-11-4-6-12(7-5-11)10(3)13(14)15/h2-10H,1H3,(H,17,18);4-7,9-10H,8H2,1-3H3,(H,14,15). The number of rotatable bonds is 7. The Morgan fingerprint density at radius 2 is 1.27 bits per heavy atom. The molecule has 2 N–H and O–H groups in total. The maximum Gasteiger partial charge on any atom is 0.310 e. The minimum atomic E-state index is -0.957. The summed E-state index contributed by atoms with van der Waals surface area (Å²) in [5, 5.41) is 17.7. The molecule has 0 aromatic heterocycles. The number of carboxylic acids is 2. The highest BCUT2D eigenvalue weighted by atomic mass is 19.1. The highest BCUT2D eigenvalue weighted by molar-refractivity contribution is 5.76. The van der Waals surface area contributed by atoms with Gasteiger partial charge < -0.3 is 10.2 Å². The second-order valence-electron chi connectivity index (χ2n) is 8.56. The third-order valence-corrected chi connectivity index (χ3v) is 5.44. The summed E-state index contributed by atoms with van der Waals surface area (Å²) in [6.07, 6.45) is 1.04. The van der Waals surface area contributed by atoms with Crippen LogP contribution in [0.3, 0.4) is 0 Å². The van der Waals surface area contributed by atoms with Crippen molar-refractivity contribution >= 4 is 11.9 Å². The molecule has 2 atom stereocenters. The molecule has 4 nitrogen and oxygen atoms in total. The number of aliphatic carboxylic acids is 2. The molecule has 0 heterocycles. The van der Waals surface area contributed by atoms with E-state index in [0.29, 0.717) is 17.0 Å². The maximum atomic E-state index is 14.0. The Morgan fingerprint density at radius 1 is 0.758 bits per heavy atom. The molecule has 3 aromatic rings. The van der Waals surface area contributed by atoms with Crippen LogP contribution in [0.4, 0.5) is 4.39 Å². The van der Waals surface area contributed by atoms with Crippen LogP contribution in [-0.2, 0) is 16.0 Å². The van der Waals surface area contributed by atoms with Crippen molar-refractivity contribution in [2.45, 2.75) is 46.0 Å². The lowest BCUT2D eigenvalue weighted by molar-refractivity contribution is -0.139. The SMILES string of the molecule is CC(C(=O)O)c1ccc(-c2ccccc2)c(F)c1.CC(C)Cc1ccc(C(C)C(=O)O)cc1. The smallest absolute Gasteiger partial charge is 0.310 e. The monoisotopic (exact) mass is 450 g/mol. The normalized spacial score (nSPS) is 12.4. The van der Waals surface area contributed by atoms with E-state index < -0.39 is 29.6 Å².